The molecule has 6 rings (SSSR count). The zero-order valence-corrected chi connectivity index (χ0v) is 23.4. The number of rotatable bonds is 8. The van der Waals surface area contributed by atoms with Crippen molar-refractivity contribution in [3.05, 3.63) is 76.9 Å². The van der Waals surface area contributed by atoms with E-state index in [0.29, 0.717) is 53.1 Å². The number of nitriles is 1. The Kier molecular flexibility index (Phi) is 6.83. The van der Waals surface area contributed by atoms with Gasteiger partial charge in [0, 0.05) is 35.7 Å². The van der Waals surface area contributed by atoms with Crippen LogP contribution < -0.4 is 14.2 Å². The lowest BCUT2D eigenvalue weighted by Gasteiger charge is -2.26. The summed E-state index contributed by atoms with van der Waals surface area (Å²) in [6.45, 7) is 4.27. The maximum atomic E-state index is 13.2. The first-order valence-electron chi connectivity index (χ1n) is 13.6. The van der Waals surface area contributed by atoms with Gasteiger partial charge >= 0.3 is 0 Å². The number of amides is 1. The molecule has 0 bridgehead atoms. The number of fused-ring (bicyclic) bond motifs is 3. The highest BCUT2D eigenvalue weighted by atomic mass is 16.5. The first-order chi connectivity index (χ1) is 19.9. The largest absolute Gasteiger partial charge is 0.497 e. The summed E-state index contributed by atoms with van der Waals surface area (Å²) < 4.78 is 22.3. The maximum Gasteiger partial charge on any atom is 0.258 e. The molecule has 2 unspecified atom stereocenters. The molecule has 0 spiro atoms. The molecule has 9 heteroatoms. The second kappa shape index (κ2) is 10.6. The van der Waals surface area contributed by atoms with Gasteiger partial charge in [0.2, 0.25) is 11.7 Å². The van der Waals surface area contributed by atoms with Gasteiger partial charge in [-0.3, -0.25) is 4.79 Å². The molecule has 1 aromatic heterocycles. The second-order valence-corrected chi connectivity index (χ2v) is 10.6. The topological polar surface area (TPSA) is 111 Å². The van der Waals surface area contributed by atoms with E-state index in [2.05, 4.69) is 17.3 Å². The smallest absolute Gasteiger partial charge is 0.258 e. The predicted octanol–water partition coefficient (Wildman–Crippen LogP) is 5.73. The van der Waals surface area contributed by atoms with Crippen LogP contribution in [0.3, 0.4) is 0 Å². The van der Waals surface area contributed by atoms with Crippen molar-refractivity contribution in [3.63, 3.8) is 0 Å². The van der Waals surface area contributed by atoms with Crippen molar-refractivity contribution < 1.29 is 23.5 Å². The molecule has 1 fully saturated rings. The van der Waals surface area contributed by atoms with Crippen molar-refractivity contribution in [2.24, 2.45) is 5.92 Å². The number of nitrogens with zero attached hydrogens (tertiary/aromatic N) is 4. The fraction of sp³-hybridized carbons (Fsp3) is 0.312. The van der Waals surface area contributed by atoms with E-state index in [4.69, 9.17) is 23.7 Å². The molecule has 41 heavy (non-hydrogen) atoms. The first-order valence-corrected chi connectivity index (χ1v) is 13.6. The Morgan fingerprint density at radius 1 is 1.07 bits per heavy atom. The summed E-state index contributed by atoms with van der Waals surface area (Å²) in [4.78, 5) is 19.8. The molecule has 2 aliphatic rings. The van der Waals surface area contributed by atoms with E-state index < -0.39 is 0 Å². The van der Waals surface area contributed by atoms with E-state index >= 15 is 0 Å². The van der Waals surface area contributed by atoms with E-state index in [9.17, 15) is 10.1 Å². The number of likely N-dealkylation sites (tertiary alicyclic amines) is 1. The molecule has 2 atom stereocenters. The van der Waals surface area contributed by atoms with Crippen LogP contribution in [0.15, 0.2) is 59.1 Å². The van der Waals surface area contributed by atoms with E-state index in [1.54, 1.807) is 26.4 Å². The van der Waals surface area contributed by atoms with Crippen molar-refractivity contribution in [1.82, 2.24) is 15.0 Å². The molecule has 1 aliphatic carbocycles. The fourth-order valence-electron chi connectivity index (χ4n) is 5.96. The van der Waals surface area contributed by atoms with Crippen LogP contribution in [0.2, 0.25) is 0 Å². The lowest BCUT2D eigenvalue weighted by molar-refractivity contribution is -0.129. The Morgan fingerprint density at radius 2 is 1.93 bits per heavy atom. The normalized spacial score (nSPS) is 17.4. The monoisotopic (exact) mass is 550 g/mol. The lowest BCUT2D eigenvalue weighted by atomic mass is 10.0. The molecule has 0 radical (unpaired) electrons. The molecule has 1 aliphatic heterocycles. The zero-order chi connectivity index (χ0) is 28.7. The fourth-order valence-corrected chi connectivity index (χ4v) is 5.96. The first kappa shape index (κ1) is 26.4. The average molecular weight is 551 g/mol. The van der Waals surface area contributed by atoms with E-state index in [-0.39, 0.29) is 24.0 Å². The number of carbonyl (C=O) groups is 1. The van der Waals surface area contributed by atoms with Crippen LogP contribution in [0.1, 0.15) is 48.6 Å². The molecule has 3 aromatic carbocycles. The SMILES string of the molecule is COc1ccc(CN2C(=O)CC3Cc4c(-c5noc(-c6ccc(OC(C)C)c(C#N)c6)n5)cccc4C32)c(OC)c1. The molecular weight excluding hydrogens is 520 g/mol. The number of benzene rings is 3. The summed E-state index contributed by atoms with van der Waals surface area (Å²) in [5.41, 5.74) is 5.11. The molecule has 208 valence electrons. The highest BCUT2D eigenvalue weighted by molar-refractivity contribution is 5.81. The minimum absolute atomic E-state index is 0.0395. The van der Waals surface area contributed by atoms with Crippen LogP contribution >= 0.6 is 0 Å². The summed E-state index contributed by atoms with van der Waals surface area (Å²) in [5, 5.41) is 13.9. The molecule has 4 aromatic rings. The van der Waals surface area contributed by atoms with Crippen LogP contribution in [-0.4, -0.2) is 41.3 Å². The van der Waals surface area contributed by atoms with Crippen LogP contribution in [0.25, 0.3) is 22.8 Å². The third kappa shape index (κ3) is 4.76. The second-order valence-electron chi connectivity index (χ2n) is 10.6. The maximum absolute atomic E-state index is 13.2. The van der Waals surface area contributed by atoms with Gasteiger partial charge in [-0.1, -0.05) is 23.4 Å². The number of methoxy groups -OCH3 is 2. The van der Waals surface area contributed by atoms with Gasteiger partial charge < -0.3 is 23.6 Å². The predicted molar refractivity (Wildman–Crippen MR) is 150 cm³/mol. The lowest BCUT2D eigenvalue weighted by Crippen LogP contribution is -2.27. The van der Waals surface area contributed by atoms with Gasteiger partial charge in [0.15, 0.2) is 0 Å². The molecule has 9 nitrogen and oxygen atoms in total. The Balaban J connectivity index is 1.30. The highest BCUT2D eigenvalue weighted by Crippen LogP contribution is 2.50. The molecular formula is C32H30N4O5. The van der Waals surface area contributed by atoms with Crippen molar-refractivity contribution in [2.45, 2.75) is 45.4 Å². The van der Waals surface area contributed by atoms with Gasteiger partial charge in [0.1, 0.15) is 23.3 Å². The van der Waals surface area contributed by atoms with Gasteiger partial charge in [0.05, 0.1) is 31.9 Å². The Labute approximate surface area is 238 Å². The summed E-state index contributed by atoms with van der Waals surface area (Å²) in [5.74, 6) is 3.02. The van der Waals surface area contributed by atoms with Crippen LogP contribution in [0.5, 0.6) is 17.2 Å². The van der Waals surface area contributed by atoms with Gasteiger partial charge in [-0.2, -0.15) is 10.2 Å². The standard InChI is InChI=1S/C32H30N4O5/c1-18(2)40-27-11-9-19(12-22(27)16-33)32-34-31(35-41-32)25-7-5-6-24-26(25)13-21-14-29(37)36(30(21)24)17-20-8-10-23(38-3)15-28(20)39-4/h5-12,15,18,21,30H,13-14,17H2,1-4H3. The number of aromatic nitrogens is 2. The van der Waals surface area contributed by atoms with Crippen molar-refractivity contribution >= 4 is 5.91 Å². The number of carbonyl (C=O) groups excluding carboxylic acids is 1. The minimum Gasteiger partial charge on any atom is -0.497 e. The third-order valence-electron chi connectivity index (χ3n) is 7.75. The minimum atomic E-state index is -0.0490. The van der Waals surface area contributed by atoms with Crippen molar-refractivity contribution in [2.75, 3.05) is 14.2 Å². The quantitative estimate of drug-likeness (QED) is 0.274. The van der Waals surface area contributed by atoms with Gasteiger partial charge in [-0.25, -0.2) is 0 Å². The number of hydrogen-bond donors (Lipinski definition) is 0. The summed E-state index contributed by atoms with van der Waals surface area (Å²) in [7, 11) is 3.24. The highest BCUT2D eigenvalue weighted by Gasteiger charge is 2.46. The van der Waals surface area contributed by atoms with Crippen LogP contribution in [0.4, 0.5) is 0 Å². The molecule has 0 saturated carbocycles. The Hall–Kier alpha value is -4.84. The van der Waals surface area contributed by atoms with Crippen molar-refractivity contribution in [3.8, 4) is 46.2 Å². The van der Waals surface area contributed by atoms with E-state index in [1.165, 1.54) is 0 Å². The van der Waals surface area contributed by atoms with Crippen LogP contribution in [-0.2, 0) is 17.8 Å². The third-order valence-corrected chi connectivity index (χ3v) is 7.75. The number of ether oxygens (including phenoxy) is 3. The van der Waals surface area contributed by atoms with Crippen LogP contribution in [0, 0.1) is 17.2 Å². The zero-order valence-electron chi connectivity index (χ0n) is 23.4. The number of hydrogen-bond acceptors (Lipinski definition) is 8. The van der Waals surface area contributed by atoms with Crippen molar-refractivity contribution in [1.29, 1.82) is 5.26 Å². The van der Waals surface area contributed by atoms with Gasteiger partial charge in [0.25, 0.3) is 5.89 Å². The molecule has 1 saturated heterocycles. The average Bonchev–Trinajstić information content (AvgIpc) is 3.68. The van der Waals surface area contributed by atoms with Gasteiger partial charge in [-0.05, 0) is 67.6 Å². The summed E-state index contributed by atoms with van der Waals surface area (Å²) in [6.07, 6.45) is 1.19. The summed E-state index contributed by atoms with van der Waals surface area (Å²) >= 11 is 0. The molecule has 0 N–H and O–H groups in total. The van der Waals surface area contributed by atoms with E-state index in [1.807, 2.05) is 55.1 Å². The Morgan fingerprint density at radius 3 is 2.68 bits per heavy atom. The molecule has 2 heterocycles. The Bertz CT molecular complexity index is 1670. The van der Waals surface area contributed by atoms with E-state index in [0.717, 1.165) is 28.7 Å². The summed E-state index contributed by atoms with van der Waals surface area (Å²) in [6, 6.07) is 19.1. The van der Waals surface area contributed by atoms with Gasteiger partial charge in [-0.15, -0.1) is 0 Å². The molecule has 1 amide bonds.